The minimum Gasteiger partial charge on any atom is -0.456 e. The van der Waals surface area contributed by atoms with Crippen molar-refractivity contribution in [1.29, 1.82) is 0 Å². The molecule has 12 aromatic carbocycles. The Hall–Kier alpha value is -9.54. The first-order valence-electron chi connectivity index (χ1n) is 26.6. The fraction of sp³-hybridized carbons (Fsp3) is 0.0270. The normalized spacial score (nSPS) is 14.5. The third-order valence-electron chi connectivity index (χ3n) is 16.6. The molecular formula is C74H47NOS. The van der Waals surface area contributed by atoms with Gasteiger partial charge in [-0.1, -0.05) is 212 Å². The number of fused-ring (bicyclic) bond motifs is 16. The molecule has 2 nitrogen and oxygen atoms in total. The van der Waals surface area contributed by atoms with E-state index in [1.165, 1.54) is 104 Å². The molecule has 0 aliphatic heterocycles. The van der Waals surface area contributed by atoms with Crippen molar-refractivity contribution in [3.8, 4) is 44.5 Å². The Morgan fingerprint density at radius 1 is 0.325 bits per heavy atom. The third-order valence-corrected chi connectivity index (χ3v) is 17.8. The average molecular weight is 998 g/mol. The van der Waals surface area contributed by atoms with E-state index >= 15 is 0 Å². The van der Waals surface area contributed by atoms with Crippen LogP contribution in [0.3, 0.4) is 0 Å². The van der Waals surface area contributed by atoms with Gasteiger partial charge < -0.3 is 9.32 Å². The minimum absolute atomic E-state index is 0.0447. The van der Waals surface area contributed by atoms with Crippen molar-refractivity contribution in [2.45, 2.75) is 11.3 Å². The molecule has 360 valence electrons. The van der Waals surface area contributed by atoms with E-state index in [-0.39, 0.29) is 5.92 Å². The third kappa shape index (κ3) is 6.61. The molecule has 2 aliphatic rings. The predicted octanol–water partition coefficient (Wildman–Crippen LogP) is 20.3. The van der Waals surface area contributed by atoms with E-state index in [1.807, 2.05) is 23.5 Å². The molecule has 0 radical (unpaired) electrons. The first-order valence-corrected chi connectivity index (χ1v) is 27.4. The summed E-state index contributed by atoms with van der Waals surface area (Å²) in [6, 6.07) is 103. The quantitative estimate of drug-likeness (QED) is 0.141. The SMILES string of the molecule is c1ccc(C(c2ccc(-c3ccc4oc5ccccc5c4c3)cc2)c2ccc3sc4c(-c5cccc6c5-c5ccccc5C65c6ccccc6-c6ccc(N(c7ccccc7)c7ccccc7)cc65)cccc4c3c2)cc1. The van der Waals surface area contributed by atoms with E-state index in [2.05, 4.69) is 272 Å². The molecule has 2 aromatic heterocycles. The number of benzene rings is 12. The summed E-state index contributed by atoms with van der Waals surface area (Å²) in [7, 11) is 0. The lowest BCUT2D eigenvalue weighted by Crippen LogP contribution is -2.26. The fourth-order valence-corrected chi connectivity index (χ4v) is 14.6. The van der Waals surface area contributed by atoms with Crippen LogP contribution >= 0.6 is 11.3 Å². The van der Waals surface area contributed by atoms with Crippen LogP contribution in [0.2, 0.25) is 0 Å². The maximum absolute atomic E-state index is 6.17. The number of furan rings is 1. The van der Waals surface area contributed by atoms with Crippen LogP contribution in [0, 0.1) is 0 Å². The lowest BCUT2D eigenvalue weighted by Gasteiger charge is -2.32. The van der Waals surface area contributed by atoms with Gasteiger partial charge in [0, 0.05) is 59.5 Å². The zero-order chi connectivity index (χ0) is 50.6. The highest BCUT2D eigenvalue weighted by molar-refractivity contribution is 7.26. The van der Waals surface area contributed by atoms with Gasteiger partial charge in [-0.3, -0.25) is 0 Å². The molecule has 0 amide bonds. The molecule has 16 rings (SSSR count). The van der Waals surface area contributed by atoms with E-state index in [4.69, 9.17) is 4.42 Å². The first kappa shape index (κ1) is 43.8. The van der Waals surface area contributed by atoms with Crippen LogP contribution in [-0.4, -0.2) is 0 Å². The molecule has 77 heavy (non-hydrogen) atoms. The molecule has 2 unspecified atom stereocenters. The molecule has 0 fully saturated rings. The van der Waals surface area contributed by atoms with Crippen molar-refractivity contribution in [1.82, 2.24) is 0 Å². The first-order chi connectivity index (χ1) is 38.2. The summed E-state index contributed by atoms with van der Waals surface area (Å²) >= 11 is 1.91. The topological polar surface area (TPSA) is 16.4 Å². The van der Waals surface area contributed by atoms with Crippen molar-refractivity contribution >= 4 is 70.5 Å². The van der Waals surface area contributed by atoms with Crippen LogP contribution in [0.5, 0.6) is 0 Å². The van der Waals surface area contributed by atoms with Crippen LogP contribution in [0.25, 0.3) is 86.6 Å². The van der Waals surface area contributed by atoms with Crippen LogP contribution in [0.15, 0.2) is 283 Å². The summed E-state index contributed by atoms with van der Waals surface area (Å²) in [5.41, 5.74) is 23.9. The summed E-state index contributed by atoms with van der Waals surface area (Å²) in [4.78, 5) is 2.40. The summed E-state index contributed by atoms with van der Waals surface area (Å²) in [6.45, 7) is 0. The Morgan fingerprint density at radius 3 is 1.69 bits per heavy atom. The van der Waals surface area contributed by atoms with Gasteiger partial charge in [0.05, 0.1) is 5.41 Å². The van der Waals surface area contributed by atoms with Crippen molar-refractivity contribution in [2.75, 3.05) is 4.90 Å². The summed E-state index contributed by atoms with van der Waals surface area (Å²) in [5, 5.41) is 4.87. The highest BCUT2D eigenvalue weighted by Gasteiger charge is 2.52. The molecule has 2 aliphatic carbocycles. The zero-order valence-electron chi connectivity index (χ0n) is 41.9. The minimum atomic E-state index is -0.529. The lowest BCUT2D eigenvalue weighted by atomic mass is 9.70. The van der Waals surface area contributed by atoms with Gasteiger partial charge in [0.15, 0.2) is 0 Å². The smallest absolute Gasteiger partial charge is 0.135 e. The van der Waals surface area contributed by atoms with Gasteiger partial charge in [-0.05, 0) is 145 Å². The highest BCUT2D eigenvalue weighted by atomic mass is 32.1. The molecule has 2 atom stereocenters. The summed E-state index contributed by atoms with van der Waals surface area (Å²) < 4.78 is 8.77. The predicted molar refractivity (Wildman–Crippen MR) is 322 cm³/mol. The monoisotopic (exact) mass is 997 g/mol. The molecule has 0 saturated carbocycles. The number of nitrogens with zero attached hydrogens (tertiary/aromatic N) is 1. The number of rotatable bonds is 8. The average Bonchev–Trinajstić information content (AvgIpc) is 3.73. The second-order valence-electron chi connectivity index (χ2n) is 20.6. The van der Waals surface area contributed by atoms with Gasteiger partial charge in [0.1, 0.15) is 11.2 Å². The van der Waals surface area contributed by atoms with Crippen molar-refractivity contribution in [2.24, 2.45) is 0 Å². The van der Waals surface area contributed by atoms with Crippen LogP contribution < -0.4 is 4.90 Å². The molecule has 2 heterocycles. The fourth-order valence-electron chi connectivity index (χ4n) is 13.3. The van der Waals surface area contributed by atoms with Crippen molar-refractivity contribution < 1.29 is 4.42 Å². The number of anilines is 3. The molecule has 0 saturated heterocycles. The Balaban J connectivity index is 0.834. The second-order valence-corrected chi connectivity index (χ2v) is 21.7. The molecule has 3 heteroatoms. The highest BCUT2D eigenvalue weighted by Crippen LogP contribution is 2.65. The molecule has 14 aromatic rings. The zero-order valence-corrected chi connectivity index (χ0v) is 42.7. The van der Waals surface area contributed by atoms with E-state index in [9.17, 15) is 0 Å². The van der Waals surface area contributed by atoms with Gasteiger partial charge >= 0.3 is 0 Å². The number of hydrogen-bond donors (Lipinski definition) is 0. The number of para-hydroxylation sites is 3. The van der Waals surface area contributed by atoms with E-state index < -0.39 is 5.41 Å². The Labute approximate surface area is 451 Å². The number of hydrogen-bond acceptors (Lipinski definition) is 3. The molecule has 1 spiro atoms. The van der Waals surface area contributed by atoms with Crippen LogP contribution in [0.1, 0.15) is 44.9 Å². The maximum Gasteiger partial charge on any atom is 0.135 e. The Bertz CT molecular complexity index is 4590. The number of thiophene rings is 1. The molecule has 0 N–H and O–H groups in total. The van der Waals surface area contributed by atoms with E-state index in [0.29, 0.717) is 0 Å². The van der Waals surface area contributed by atoms with Crippen molar-refractivity contribution in [3.63, 3.8) is 0 Å². The van der Waals surface area contributed by atoms with Gasteiger partial charge in [0.2, 0.25) is 0 Å². The van der Waals surface area contributed by atoms with Gasteiger partial charge in [-0.15, -0.1) is 11.3 Å². The van der Waals surface area contributed by atoms with Gasteiger partial charge in [0.25, 0.3) is 0 Å². The second kappa shape index (κ2) is 17.3. The molecular weight excluding hydrogens is 951 g/mol. The maximum atomic E-state index is 6.17. The van der Waals surface area contributed by atoms with Crippen LogP contribution in [0.4, 0.5) is 17.1 Å². The van der Waals surface area contributed by atoms with E-state index in [1.54, 1.807) is 0 Å². The largest absolute Gasteiger partial charge is 0.456 e. The Kier molecular flexibility index (Phi) is 9.82. The van der Waals surface area contributed by atoms with Crippen LogP contribution in [-0.2, 0) is 5.41 Å². The lowest BCUT2D eigenvalue weighted by molar-refractivity contribution is 0.669. The summed E-state index contributed by atoms with van der Waals surface area (Å²) in [5.74, 6) is 0.0447. The Morgan fingerprint density at radius 2 is 0.896 bits per heavy atom. The summed E-state index contributed by atoms with van der Waals surface area (Å²) in [6.07, 6.45) is 0. The van der Waals surface area contributed by atoms with E-state index in [0.717, 1.165) is 39.0 Å². The molecule has 0 bridgehead atoms. The van der Waals surface area contributed by atoms with Crippen molar-refractivity contribution in [3.05, 3.63) is 318 Å². The van der Waals surface area contributed by atoms with Gasteiger partial charge in [-0.2, -0.15) is 0 Å². The van der Waals surface area contributed by atoms with Gasteiger partial charge in [-0.25, -0.2) is 0 Å². The standard InChI is InChI=1S/C74H47NOS/c1-4-18-48(19-5-1)71(49-36-34-47(35-37-49)50-38-42-69-62(44-50)57-25-12-15-33-68(57)76-69)51-39-43-70-63(45-51)60-29-16-28-59(73(60)77-70)58-27-17-32-66-72(58)61-26-11-14-31-65(61)74(66)64-30-13-10-24-55(64)56-41-40-54(46-67(56)74)75(52-20-6-2-7-21-52)53-22-8-3-9-23-53/h1-46,71H.